The molecule has 4 heteroatoms. The van der Waals surface area contributed by atoms with Crippen molar-refractivity contribution in [1.29, 1.82) is 0 Å². The van der Waals surface area contributed by atoms with E-state index >= 15 is 0 Å². The van der Waals surface area contributed by atoms with E-state index in [0.29, 0.717) is 11.0 Å². The van der Waals surface area contributed by atoms with E-state index < -0.39 is 0 Å². The van der Waals surface area contributed by atoms with E-state index in [4.69, 9.17) is 16.3 Å². The van der Waals surface area contributed by atoms with Crippen LogP contribution in [0.1, 0.15) is 11.3 Å². The first-order valence-corrected chi connectivity index (χ1v) is 5.64. The third-order valence-corrected chi connectivity index (χ3v) is 2.67. The zero-order valence-electron chi connectivity index (χ0n) is 9.99. The van der Waals surface area contributed by atoms with E-state index in [1.54, 1.807) is 13.2 Å². The third-order valence-electron chi connectivity index (χ3n) is 2.48. The zero-order valence-corrected chi connectivity index (χ0v) is 10.7. The SMILES string of the molecule is COc1ccc(-c2nc(C)cc(Cl)n2)cc1C. The average Bonchev–Trinajstić information content (AvgIpc) is 2.27. The zero-order chi connectivity index (χ0) is 12.4. The number of nitrogens with zero attached hydrogens (tertiary/aromatic N) is 2. The van der Waals surface area contributed by atoms with Gasteiger partial charge in [0.2, 0.25) is 0 Å². The van der Waals surface area contributed by atoms with Gasteiger partial charge in [0.05, 0.1) is 7.11 Å². The van der Waals surface area contributed by atoms with Gasteiger partial charge in [-0.3, -0.25) is 0 Å². The lowest BCUT2D eigenvalue weighted by molar-refractivity contribution is 0.412. The van der Waals surface area contributed by atoms with Crippen LogP contribution in [0.3, 0.4) is 0 Å². The highest BCUT2D eigenvalue weighted by Crippen LogP contribution is 2.24. The maximum atomic E-state index is 5.92. The molecule has 0 atom stereocenters. The maximum Gasteiger partial charge on any atom is 0.161 e. The average molecular weight is 249 g/mol. The highest BCUT2D eigenvalue weighted by molar-refractivity contribution is 6.29. The molecule has 0 fully saturated rings. The maximum absolute atomic E-state index is 5.92. The van der Waals surface area contributed by atoms with Crippen LogP contribution in [0.5, 0.6) is 5.75 Å². The van der Waals surface area contributed by atoms with Crippen molar-refractivity contribution in [3.8, 4) is 17.1 Å². The molecule has 3 nitrogen and oxygen atoms in total. The van der Waals surface area contributed by atoms with Gasteiger partial charge in [0, 0.05) is 11.3 Å². The molecule has 0 saturated heterocycles. The molecule has 0 spiro atoms. The minimum absolute atomic E-state index is 0.459. The van der Waals surface area contributed by atoms with Gasteiger partial charge in [0.25, 0.3) is 0 Å². The highest BCUT2D eigenvalue weighted by atomic mass is 35.5. The molecule has 17 heavy (non-hydrogen) atoms. The smallest absolute Gasteiger partial charge is 0.161 e. The van der Waals surface area contributed by atoms with E-state index in [1.165, 1.54) is 0 Å². The van der Waals surface area contributed by atoms with Crippen molar-refractivity contribution in [1.82, 2.24) is 9.97 Å². The number of hydrogen-bond acceptors (Lipinski definition) is 3. The fourth-order valence-electron chi connectivity index (χ4n) is 1.68. The quantitative estimate of drug-likeness (QED) is 0.764. The van der Waals surface area contributed by atoms with Crippen molar-refractivity contribution >= 4 is 11.6 Å². The summed E-state index contributed by atoms with van der Waals surface area (Å²) in [7, 11) is 1.65. The first-order valence-electron chi connectivity index (χ1n) is 5.26. The summed E-state index contributed by atoms with van der Waals surface area (Å²) in [6.07, 6.45) is 0. The van der Waals surface area contributed by atoms with E-state index in [9.17, 15) is 0 Å². The van der Waals surface area contributed by atoms with E-state index in [2.05, 4.69) is 9.97 Å². The fourth-order valence-corrected chi connectivity index (χ4v) is 1.91. The highest BCUT2D eigenvalue weighted by Gasteiger charge is 2.06. The van der Waals surface area contributed by atoms with E-state index in [0.717, 1.165) is 22.6 Å². The molecule has 0 bridgehead atoms. The Morgan fingerprint density at radius 2 is 1.88 bits per heavy atom. The van der Waals surface area contributed by atoms with Gasteiger partial charge in [-0.1, -0.05) is 11.6 Å². The van der Waals surface area contributed by atoms with E-state index in [-0.39, 0.29) is 0 Å². The molecule has 88 valence electrons. The molecule has 0 N–H and O–H groups in total. The Morgan fingerprint density at radius 3 is 2.47 bits per heavy atom. The first-order chi connectivity index (χ1) is 8.10. The van der Waals surface area contributed by atoms with Gasteiger partial charge >= 0.3 is 0 Å². The Balaban J connectivity index is 2.49. The van der Waals surface area contributed by atoms with Gasteiger partial charge in [0.1, 0.15) is 10.9 Å². The second kappa shape index (κ2) is 4.72. The summed E-state index contributed by atoms with van der Waals surface area (Å²) in [6.45, 7) is 3.88. The van der Waals surface area contributed by atoms with Crippen LogP contribution in [-0.4, -0.2) is 17.1 Å². The molecule has 0 radical (unpaired) electrons. The van der Waals surface area contributed by atoms with Gasteiger partial charge in [-0.25, -0.2) is 9.97 Å². The predicted molar refractivity (Wildman–Crippen MR) is 68.5 cm³/mol. The van der Waals surface area contributed by atoms with Crippen LogP contribution < -0.4 is 4.74 Å². The second-order valence-electron chi connectivity index (χ2n) is 3.84. The molecular weight excluding hydrogens is 236 g/mol. The Kier molecular flexibility index (Phi) is 3.29. The monoisotopic (exact) mass is 248 g/mol. The summed E-state index contributed by atoms with van der Waals surface area (Å²) in [4.78, 5) is 8.58. The number of hydrogen-bond donors (Lipinski definition) is 0. The lowest BCUT2D eigenvalue weighted by Crippen LogP contribution is -1.94. The lowest BCUT2D eigenvalue weighted by Gasteiger charge is -2.07. The van der Waals surface area contributed by atoms with E-state index in [1.807, 2.05) is 32.0 Å². The summed E-state index contributed by atoms with van der Waals surface area (Å²) in [6, 6.07) is 7.56. The van der Waals surface area contributed by atoms with Gasteiger partial charge in [-0.05, 0) is 43.7 Å². The molecule has 2 aromatic rings. The predicted octanol–water partition coefficient (Wildman–Crippen LogP) is 3.42. The number of benzene rings is 1. The van der Waals surface area contributed by atoms with Crippen molar-refractivity contribution in [2.24, 2.45) is 0 Å². The summed E-state index contributed by atoms with van der Waals surface area (Å²) in [5, 5.41) is 0.459. The lowest BCUT2D eigenvalue weighted by atomic mass is 10.1. The van der Waals surface area contributed by atoms with Gasteiger partial charge in [0.15, 0.2) is 5.82 Å². The minimum Gasteiger partial charge on any atom is -0.496 e. The summed E-state index contributed by atoms with van der Waals surface area (Å²) in [5.41, 5.74) is 2.84. The number of ether oxygens (including phenoxy) is 1. The molecular formula is C13H13ClN2O. The molecule has 0 aliphatic carbocycles. The van der Waals surface area contributed by atoms with Crippen LogP contribution >= 0.6 is 11.6 Å². The Labute approximate surface area is 105 Å². The summed E-state index contributed by atoms with van der Waals surface area (Å²) >= 11 is 5.92. The molecule has 0 unspecified atom stereocenters. The van der Waals surface area contributed by atoms with Crippen LogP contribution in [-0.2, 0) is 0 Å². The van der Waals surface area contributed by atoms with Crippen LogP contribution in [0.25, 0.3) is 11.4 Å². The van der Waals surface area contributed by atoms with Crippen molar-refractivity contribution in [3.05, 3.63) is 40.7 Å². The molecule has 1 heterocycles. The first kappa shape index (κ1) is 11.9. The Bertz CT molecular complexity index is 535. The molecule has 1 aromatic carbocycles. The molecule has 0 aliphatic heterocycles. The third kappa shape index (κ3) is 2.56. The number of methoxy groups -OCH3 is 1. The topological polar surface area (TPSA) is 35.0 Å². The van der Waals surface area contributed by atoms with Crippen LogP contribution in [0, 0.1) is 13.8 Å². The second-order valence-corrected chi connectivity index (χ2v) is 4.23. The summed E-state index contributed by atoms with van der Waals surface area (Å²) in [5.74, 6) is 1.49. The standard InChI is InChI=1S/C13H13ClN2O/c1-8-6-10(4-5-11(8)17-3)13-15-9(2)7-12(14)16-13/h4-7H,1-3H3. The number of halogens is 1. The van der Waals surface area contributed by atoms with Crippen molar-refractivity contribution in [3.63, 3.8) is 0 Å². The van der Waals surface area contributed by atoms with Gasteiger partial charge in [-0.15, -0.1) is 0 Å². The molecule has 1 aromatic heterocycles. The number of aromatic nitrogens is 2. The number of rotatable bonds is 2. The van der Waals surface area contributed by atoms with Crippen molar-refractivity contribution in [2.75, 3.05) is 7.11 Å². The normalized spacial score (nSPS) is 10.4. The largest absolute Gasteiger partial charge is 0.496 e. The minimum atomic E-state index is 0.459. The van der Waals surface area contributed by atoms with Crippen LogP contribution in [0.2, 0.25) is 5.15 Å². The van der Waals surface area contributed by atoms with Gasteiger partial charge in [-0.2, -0.15) is 0 Å². The Hall–Kier alpha value is -1.61. The van der Waals surface area contributed by atoms with Crippen LogP contribution in [0.15, 0.2) is 24.3 Å². The number of aryl methyl sites for hydroxylation is 2. The molecule has 0 saturated carbocycles. The summed E-state index contributed by atoms with van der Waals surface area (Å²) < 4.78 is 5.22. The molecule has 0 aliphatic rings. The van der Waals surface area contributed by atoms with Crippen LogP contribution in [0.4, 0.5) is 0 Å². The van der Waals surface area contributed by atoms with Crippen molar-refractivity contribution in [2.45, 2.75) is 13.8 Å². The van der Waals surface area contributed by atoms with Crippen molar-refractivity contribution < 1.29 is 4.74 Å². The Morgan fingerprint density at radius 1 is 1.12 bits per heavy atom. The molecule has 0 amide bonds. The van der Waals surface area contributed by atoms with Gasteiger partial charge < -0.3 is 4.74 Å². The molecule has 2 rings (SSSR count). The fraction of sp³-hybridized carbons (Fsp3) is 0.231.